The zero-order valence-corrected chi connectivity index (χ0v) is 16.8. The summed E-state index contributed by atoms with van der Waals surface area (Å²) < 4.78 is 37.2. The molecule has 2 aromatic rings. The van der Waals surface area contributed by atoms with E-state index in [9.17, 15) is 18.0 Å². The Labute approximate surface area is 169 Å². The Morgan fingerprint density at radius 2 is 1.55 bits per heavy atom. The fraction of sp³-hybridized carbons (Fsp3) is 0.300. The van der Waals surface area contributed by atoms with Gasteiger partial charge < -0.3 is 14.4 Å². The zero-order valence-electron chi connectivity index (χ0n) is 16.0. The minimum Gasteiger partial charge on any atom is -0.462 e. The van der Waals surface area contributed by atoms with Gasteiger partial charge in [0.2, 0.25) is 10.0 Å². The number of carbonyl (C=O) groups is 2. The molecule has 1 aliphatic rings. The van der Waals surface area contributed by atoms with Crippen molar-refractivity contribution in [3.8, 4) is 5.75 Å². The van der Waals surface area contributed by atoms with Crippen LogP contribution in [0.2, 0.25) is 0 Å². The van der Waals surface area contributed by atoms with Gasteiger partial charge in [0.05, 0.1) is 17.1 Å². The van der Waals surface area contributed by atoms with Crippen molar-refractivity contribution in [3.05, 3.63) is 60.2 Å². The number of ether oxygens (including phenoxy) is 2. The Hall–Kier alpha value is -2.91. The average molecular weight is 418 g/mol. The van der Waals surface area contributed by atoms with Crippen molar-refractivity contribution in [1.82, 2.24) is 9.21 Å². The van der Waals surface area contributed by atoms with Crippen LogP contribution in [-0.4, -0.2) is 62.5 Å². The molecule has 0 unspecified atom stereocenters. The van der Waals surface area contributed by atoms with E-state index in [2.05, 4.69) is 0 Å². The second kappa shape index (κ2) is 9.06. The van der Waals surface area contributed by atoms with Crippen molar-refractivity contribution in [2.24, 2.45) is 0 Å². The van der Waals surface area contributed by atoms with Gasteiger partial charge in [0.25, 0.3) is 0 Å². The van der Waals surface area contributed by atoms with Gasteiger partial charge in [-0.05, 0) is 43.3 Å². The number of hydrogen-bond acceptors (Lipinski definition) is 6. The summed E-state index contributed by atoms with van der Waals surface area (Å²) in [5.41, 5.74) is 0.291. The highest BCUT2D eigenvalue weighted by Gasteiger charge is 2.31. The molecule has 1 aliphatic heterocycles. The third-order valence-corrected chi connectivity index (χ3v) is 6.36. The lowest BCUT2D eigenvalue weighted by molar-refractivity contribution is 0.0526. The van der Waals surface area contributed by atoms with Gasteiger partial charge in [-0.1, -0.05) is 18.2 Å². The van der Waals surface area contributed by atoms with Crippen molar-refractivity contribution < 1.29 is 27.5 Å². The number of nitrogens with zero attached hydrogens (tertiary/aromatic N) is 2. The molecule has 0 atom stereocenters. The highest BCUT2D eigenvalue weighted by Crippen LogP contribution is 2.19. The molecular weight excluding hydrogens is 396 g/mol. The van der Waals surface area contributed by atoms with Crippen molar-refractivity contribution in [2.45, 2.75) is 11.8 Å². The van der Waals surface area contributed by atoms with E-state index in [0.717, 1.165) is 0 Å². The first-order valence-electron chi connectivity index (χ1n) is 9.21. The normalized spacial score (nSPS) is 15.0. The van der Waals surface area contributed by atoms with Crippen molar-refractivity contribution in [2.75, 3.05) is 32.8 Å². The number of benzene rings is 2. The van der Waals surface area contributed by atoms with Gasteiger partial charge in [-0.3, -0.25) is 0 Å². The third-order valence-electron chi connectivity index (χ3n) is 4.45. The lowest BCUT2D eigenvalue weighted by Gasteiger charge is -2.33. The Kier molecular flexibility index (Phi) is 6.50. The van der Waals surface area contributed by atoms with E-state index in [4.69, 9.17) is 9.47 Å². The molecule has 0 spiro atoms. The van der Waals surface area contributed by atoms with Crippen LogP contribution in [0.1, 0.15) is 17.3 Å². The Bertz CT molecular complexity index is 952. The zero-order chi connectivity index (χ0) is 20.9. The van der Waals surface area contributed by atoms with Crippen LogP contribution in [0.5, 0.6) is 5.75 Å². The predicted octanol–water partition coefficient (Wildman–Crippen LogP) is 2.37. The number of para-hydroxylation sites is 1. The van der Waals surface area contributed by atoms with E-state index in [-0.39, 0.29) is 37.7 Å². The van der Waals surface area contributed by atoms with Crippen molar-refractivity contribution >= 4 is 22.1 Å². The first-order chi connectivity index (χ1) is 13.9. The number of hydrogen-bond donors (Lipinski definition) is 0. The van der Waals surface area contributed by atoms with Crippen LogP contribution in [0, 0.1) is 0 Å². The number of rotatable bonds is 5. The van der Waals surface area contributed by atoms with Crippen LogP contribution in [0.25, 0.3) is 0 Å². The van der Waals surface area contributed by atoms with Crippen LogP contribution >= 0.6 is 0 Å². The van der Waals surface area contributed by atoms with Gasteiger partial charge in [0, 0.05) is 26.2 Å². The molecule has 9 heteroatoms. The third kappa shape index (κ3) is 4.93. The molecule has 1 heterocycles. The maximum absolute atomic E-state index is 12.8. The number of esters is 1. The molecule has 0 radical (unpaired) electrons. The number of carbonyl (C=O) groups excluding carboxylic acids is 2. The average Bonchev–Trinajstić information content (AvgIpc) is 2.75. The molecule has 154 valence electrons. The molecule has 0 saturated carbocycles. The fourth-order valence-electron chi connectivity index (χ4n) is 2.89. The highest BCUT2D eigenvalue weighted by atomic mass is 32.2. The van der Waals surface area contributed by atoms with Crippen molar-refractivity contribution in [1.29, 1.82) is 0 Å². The lowest BCUT2D eigenvalue weighted by atomic mass is 10.2. The lowest BCUT2D eigenvalue weighted by Crippen LogP contribution is -2.51. The first kappa shape index (κ1) is 20.8. The number of sulfonamides is 1. The number of amides is 1. The summed E-state index contributed by atoms with van der Waals surface area (Å²) in [7, 11) is -3.72. The van der Waals surface area contributed by atoms with Gasteiger partial charge in [-0.2, -0.15) is 4.31 Å². The van der Waals surface area contributed by atoms with Gasteiger partial charge in [-0.25, -0.2) is 18.0 Å². The molecule has 0 N–H and O–H groups in total. The highest BCUT2D eigenvalue weighted by molar-refractivity contribution is 7.89. The summed E-state index contributed by atoms with van der Waals surface area (Å²) in [5.74, 6) is -0.0590. The second-order valence-electron chi connectivity index (χ2n) is 6.32. The van der Waals surface area contributed by atoms with E-state index in [1.807, 2.05) is 6.07 Å². The minimum absolute atomic E-state index is 0.0888. The SMILES string of the molecule is CCOC(=O)c1ccc(S(=O)(=O)N2CCN(C(=O)Oc3ccccc3)CC2)cc1. The van der Waals surface area contributed by atoms with Gasteiger partial charge >= 0.3 is 12.1 Å². The monoisotopic (exact) mass is 418 g/mol. The molecule has 0 aliphatic carbocycles. The number of piperazine rings is 1. The van der Waals surface area contributed by atoms with Crippen LogP contribution in [0.3, 0.4) is 0 Å². The Morgan fingerprint density at radius 3 is 2.14 bits per heavy atom. The van der Waals surface area contributed by atoms with Gasteiger partial charge in [0.1, 0.15) is 5.75 Å². The van der Waals surface area contributed by atoms with Crippen LogP contribution in [-0.2, 0) is 14.8 Å². The molecule has 8 nitrogen and oxygen atoms in total. The Balaban J connectivity index is 1.60. The fourth-order valence-corrected chi connectivity index (χ4v) is 4.31. The summed E-state index contributed by atoms with van der Waals surface area (Å²) in [4.78, 5) is 25.5. The summed E-state index contributed by atoms with van der Waals surface area (Å²) in [5, 5.41) is 0. The molecule has 29 heavy (non-hydrogen) atoms. The summed E-state index contributed by atoms with van der Waals surface area (Å²) in [6.07, 6.45) is -0.507. The Morgan fingerprint density at radius 1 is 0.931 bits per heavy atom. The molecule has 0 bridgehead atoms. The summed E-state index contributed by atoms with van der Waals surface area (Å²) in [6.45, 7) is 2.72. The summed E-state index contributed by atoms with van der Waals surface area (Å²) in [6, 6.07) is 14.3. The first-order valence-corrected chi connectivity index (χ1v) is 10.6. The van der Waals surface area contributed by atoms with E-state index < -0.39 is 22.1 Å². The van der Waals surface area contributed by atoms with Crippen molar-refractivity contribution in [3.63, 3.8) is 0 Å². The van der Waals surface area contributed by atoms with Crippen LogP contribution in [0.15, 0.2) is 59.5 Å². The second-order valence-corrected chi connectivity index (χ2v) is 8.25. The van der Waals surface area contributed by atoms with E-state index >= 15 is 0 Å². The topological polar surface area (TPSA) is 93.2 Å². The van der Waals surface area contributed by atoms with Crippen LogP contribution < -0.4 is 4.74 Å². The molecule has 1 amide bonds. The molecule has 0 aromatic heterocycles. The molecule has 1 fully saturated rings. The maximum atomic E-state index is 12.8. The largest absolute Gasteiger partial charge is 0.462 e. The van der Waals surface area contributed by atoms with Gasteiger partial charge in [0.15, 0.2) is 0 Å². The quantitative estimate of drug-likeness (QED) is 0.692. The molecule has 1 saturated heterocycles. The van der Waals surface area contributed by atoms with Gasteiger partial charge in [-0.15, -0.1) is 0 Å². The minimum atomic E-state index is -3.72. The molecule has 3 rings (SSSR count). The maximum Gasteiger partial charge on any atom is 0.415 e. The van der Waals surface area contributed by atoms with E-state index in [1.165, 1.54) is 33.5 Å². The predicted molar refractivity (Wildman–Crippen MR) is 105 cm³/mol. The van der Waals surface area contributed by atoms with E-state index in [1.54, 1.807) is 31.2 Å². The summed E-state index contributed by atoms with van der Waals surface area (Å²) >= 11 is 0. The smallest absolute Gasteiger partial charge is 0.415 e. The molecular formula is C20H22N2O6S. The molecule has 2 aromatic carbocycles. The standard InChI is InChI=1S/C20H22N2O6S/c1-2-27-19(23)16-8-10-18(11-9-16)29(25,26)22-14-12-21(13-15-22)20(24)28-17-6-4-3-5-7-17/h3-11H,2,12-15H2,1H3. The van der Waals surface area contributed by atoms with E-state index in [0.29, 0.717) is 11.3 Å². The van der Waals surface area contributed by atoms with Crippen LogP contribution in [0.4, 0.5) is 4.79 Å².